The zero-order valence-corrected chi connectivity index (χ0v) is 17.3. The Bertz CT molecular complexity index is 874. The van der Waals surface area contributed by atoms with Gasteiger partial charge in [-0.15, -0.1) is 11.3 Å². The standard InChI is InChI=1S/C21H22ClNO4S/c1-13(2)27-11-4-10-23-18(16-5-3-12-28-16)17(20(25)21(23)26)19(24)14-6-8-15(22)9-7-14/h3,5-9,12-13,18,24H,4,10-11H2,1-2H3/b19-17+. The fourth-order valence-corrected chi connectivity index (χ4v) is 4.14. The first-order valence-electron chi connectivity index (χ1n) is 9.09. The minimum atomic E-state index is -0.671. The summed E-state index contributed by atoms with van der Waals surface area (Å²) in [6.07, 6.45) is 0.710. The number of ketones is 1. The van der Waals surface area contributed by atoms with Crippen molar-refractivity contribution in [3.05, 3.63) is 62.8 Å². The number of ether oxygens (including phenoxy) is 1. The molecule has 1 amide bonds. The van der Waals surface area contributed by atoms with Crippen molar-refractivity contribution in [2.45, 2.75) is 32.4 Å². The number of hydrogen-bond acceptors (Lipinski definition) is 5. The quantitative estimate of drug-likeness (QED) is 0.307. The molecule has 1 unspecified atom stereocenters. The van der Waals surface area contributed by atoms with E-state index < -0.39 is 17.7 Å². The van der Waals surface area contributed by atoms with E-state index in [2.05, 4.69) is 0 Å². The van der Waals surface area contributed by atoms with Crippen molar-refractivity contribution in [1.29, 1.82) is 0 Å². The number of halogens is 1. The van der Waals surface area contributed by atoms with E-state index in [4.69, 9.17) is 16.3 Å². The molecule has 1 aromatic heterocycles. The minimum Gasteiger partial charge on any atom is -0.507 e. The molecule has 0 radical (unpaired) electrons. The van der Waals surface area contributed by atoms with Gasteiger partial charge in [0, 0.05) is 28.6 Å². The Morgan fingerprint density at radius 1 is 1.25 bits per heavy atom. The number of aliphatic hydroxyl groups is 1. The van der Waals surface area contributed by atoms with Crippen LogP contribution in [0, 0.1) is 0 Å². The van der Waals surface area contributed by atoms with Crippen molar-refractivity contribution in [1.82, 2.24) is 4.90 Å². The maximum atomic E-state index is 12.8. The number of benzene rings is 1. The summed E-state index contributed by atoms with van der Waals surface area (Å²) in [5.41, 5.74) is 0.562. The van der Waals surface area contributed by atoms with Gasteiger partial charge >= 0.3 is 0 Å². The van der Waals surface area contributed by atoms with Crippen molar-refractivity contribution in [3.63, 3.8) is 0 Å². The monoisotopic (exact) mass is 419 g/mol. The summed E-state index contributed by atoms with van der Waals surface area (Å²) in [5.74, 6) is -1.46. The summed E-state index contributed by atoms with van der Waals surface area (Å²) in [7, 11) is 0. The predicted octanol–water partition coefficient (Wildman–Crippen LogP) is 4.64. The predicted molar refractivity (Wildman–Crippen MR) is 110 cm³/mol. The molecule has 3 rings (SSSR count). The maximum absolute atomic E-state index is 12.8. The second-order valence-corrected chi connectivity index (χ2v) is 8.20. The normalized spacial score (nSPS) is 19.0. The Morgan fingerprint density at radius 2 is 1.96 bits per heavy atom. The summed E-state index contributed by atoms with van der Waals surface area (Å²) in [5, 5.41) is 13.3. The molecule has 0 saturated carbocycles. The molecule has 0 spiro atoms. The molecule has 1 fully saturated rings. The number of carbonyl (C=O) groups is 2. The molecule has 5 nitrogen and oxygen atoms in total. The highest BCUT2D eigenvalue weighted by atomic mass is 35.5. The Morgan fingerprint density at radius 3 is 2.57 bits per heavy atom. The number of rotatable bonds is 7. The van der Waals surface area contributed by atoms with Gasteiger partial charge in [-0.3, -0.25) is 9.59 Å². The van der Waals surface area contributed by atoms with Crippen LogP contribution in [-0.2, 0) is 14.3 Å². The van der Waals surface area contributed by atoms with Crippen LogP contribution in [0.25, 0.3) is 5.76 Å². The van der Waals surface area contributed by atoms with Crippen LogP contribution in [0.1, 0.15) is 36.8 Å². The minimum absolute atomic E-state index is 0.105. The first-order valence-corrected chi connectivity index (χ1v) is 10.3. The van der Waals surface area contributed by atoms with Crippen molar-refractivity contribution in [3.8, 4) is 0 Å². The smallest absolute Gasteiger partial charge is 0.295 e. The van der Waals surface area contributed by atoms with E-state index in [1.807, 2.05) is 31.4 Å². The van der Waals surface area contributed by atoms with Crippen molar-refractivity contribution in [2.24, 2.45) is 0 Å². The van der Waals surface area contributed by atoms with E-state index in [0.717, 1.165) is 4.88 Å². The third kappa shape index (κ3) is 4.29. The van der Waals surface area contributed by atoms with Crippen LogP contribution in [0.2, 0.25) is 5.02 Å². The van der Waals surface area contributed by atoms with Crippen LogP contribution >= 0.6 is 22.9 Å². The molecule has 1 aliphatic rings. The molecule has 148 valence electrons. The van der Waals surface area contributed by atoms with Crippen molar-refractivity contribution in [2.75, 3.05) is 13.2 Å². The van der Waals surface area contributed by atoms with Gasteiger partial charge in [0.25, 0.3) is 11.7 Å². The van der Waals surface area contributed by atoms with E-state index in [-0.39, 0.29) is 17.4 Å². The van der Waals surface area contributed by atoms with Crippen LogP contribution in [0.15, 0.2) is 47.4 Å². The van der Waals surface area contributed by atoms with Gasteiger partial charge in [0.05, 0.1) is 17.7 Å². The zero-order chi connectivity index (χ0) is 20.3. The summed E-state index contributed by atoms with van der Waals surface area (Å²) in [4.78, 5) is 27.9. The lowest BCUT2D eigenvalue weighted by Gasteiger charge is -2.24. The van der Waals surface area contributed by atoms with Gasteiger partial charge < -0.3 is 14.7 Å². The average Bonchev–Trinajstić information content (AvgIpc) is 3.27. The number of carbonyl (C=O) groups excluding carboxylic acids is 2. The lowest BCUT2D eigenvalue weighted by Crippen LogP contribution is -2.31. The number of nitrogens with zero attached hydrogens (tertiary/aromatic N) is 1. The van der Waals surface area contributed by atoms with E-state index >= 15 is 0 Å². The fourth-order valence-electron chi connectivity index (χ4n) is 3.17. The second kappa shape index (κ2) is 8.90. The summed E-state index contributed by atoms with van der Waals surface area (Å²) >= 11 is 7.36. The Hall–Kier alpha value is -2.15. The third-order valence-corrected chi connectivity index (χ3v) is 5.64. The summed E-state index contributed by atoms with van der Waals surface area (Å²) in [6, 6.07) is 9.67. The molecule has 1 saturated heterocycles. The van der Waals surface area contributed by atoms with E-state index in [1.165, 1.54) is 16.2 Å². The Balaban J connectivity index is 1.96. The van der Waals surface area contributed by atoms with Crippen molar-refractivity contribution >= 4 is 40.4 Å². The number of thiophene rings is 1. The van der Waals surface area contributed by atoms with Crippen LogP contribution in [0.5, 0.6) is 0 Å². The van der Waals surface area contributed by atoms with Gasteiger partial charge in [0.15, 0.2) is 0 Å². The highest BCUT2D eigenvalue weighted by molar-refractivity contribution is 7.10. The van der Waals surface area contributed by atoms with Gasteiger partial charge in [-0.2, -0.15) is 0 Å². The highest BCUT2D eigenvalue weighted by Crippen LogP contribution is 2.41. The number of hydrogen-bond donors (Lipinski definition) is 1. The lowest BCUT2D eigenvalue weighted by atomic mass is 10.00. The van der Waals surface area contributed by atoms with Crippen LogP contribution in [0.3, 0.4) is 0 Å². The van der Waals surface area contributed by atoms with Crippen LogP contribution < -0.4 is 0 Å². The number of aliphatic hydroxyl groups excluding tert-OH is 1. The topological polar surface area (TPSA) is 66.8 Å². The number of likely N-dealkylation sites (tertiary alicyclic amines) is 1. The van der Waals surface area contributed by atoms with Crippen LogP contribution in [0.4, 0.5) is 0 Å². The van der Waals surface area contributed by atoms with E-state index in [1.54, 1.807) is 24.3 Å². The van der Waals surface area contributed by atoms with Gasteiger partial charge in [-0.1, -0.05) is 17.7 Å². The van der Waals surface area contributed by atoms with Crippen molar-refractivity contribution < 1.29 is 19.4 Å². The second-order valence-electron chi connectivity index (χ2n) is 6.79. The molecule has 0 aliphatic carbocycles. The maximum Gasteiger partial charge on any atom is 0.295 e. The molecule has 1 aliphatic heterocycles. The lowest BCUT2D eigenvalue weighted by molar-refractivity contribution is -0.140. The van der Waals surface area contributed by atoms with Gasteiger partial charge in [0.1, 0.15) is 5.76 Å². The van der Waals surface area contributed by atoms with Gasteiger partial charge in [0.2, 0.25) is 0 Å². The third-order valence-electron chi connectivity index (χ3n) is 4.46. The van der Waals surface area contributed by atoms with Crippen LogP contribution in [-0.4, -0.2) is 41.0 Å². The van der Waals surface area contributed by atoms with Gasteiger partial charge in [-0.25, -0.2) is 0 Å². The molecule has 28 heavy (non-hydrogen) atoms. The molecule has 2 heterocycles. The molecule has 7 heteroatoms. The molecule has 1 aromatic carbocycles. The first kappa shape index (κ1) is 20.6. The van der Waals surface area contributed by atoms with E-state index in [9.17, 15) is 14.7 Å². The fraction of sp³-hybridized carbons (Fsp3) is 0.333. The Kier molecular flexibility index (Phi) is 6.54. The number of amides is 1. The molecular formula is C21H22ClNO4S. The summed E-state index contributed by atoms with van der Waals surface area (Å²) in [6.45, 7) is 4.76. The highest BCUT2D eigenvalue weighted by Gasteiger charge is 2.46. The average molecular weight is 420 g/mol. The SMILES string of the molecule is CC(C)OCCCN1C(=O)C(=O)/C(=C(/O)c2ccc(Cl)cc2)C1c1cccs1. The molecule has 0 bridgehead atoms. The molecule has 1 atom stereocenters. The Labute approximate surface area is 173 Å². The number of Topliss-reactive ketones (excluding diaryl/α,β-unsaturated/α-hetero) is 1. The summed E-state index contributed by atoms with van der Waals surface area (Å²) < 4.78 is 5.55. The largest absolute Gasteiger partial charge is 0.507 e. The molecule has 1 N–H and O–H groups in total. The van der Waals surface area contributed by atoms with E-state index in [0.29, 0.717) is 30.2 Å². The zero-order valence-electron chi connectivity index (χ0n) is 15.7. The first-order chi connectivity index (χ1) is 13.4. The molecular weight excluding hydrogens is 398 g/mol. The van der Waals surface area contributed by atoms with Gasteiger partial charge in [-0.05, 0) is 56.0 Å². The molecule has 2 aromatic rings.